The van der Waals surface area contributed by atoms with Crippen molar-refractivity contribution in [3.05, 3.63) is 29.8 Å². The van der Waals surface area contributed by atoms with E-state index >= 15 is 0 Å². The van der Waals surface area contributed by atoms with E-state index in [9.17, 15) is 10.2 Å². The summed E-state index contributed by atoms with van der Waals surface area (Å²) in [5.74, 6) is -0.724. The molecule has 1 heterocycles. The van der Waals surface area contributed by atoms with Crippen LogP contribution in [0.25, 0.3) is 0 Å². The molecular weight excluding hydrogens is 248 g/mol. The number of benzene rings is 1. The summed E-state index contributed by atoms with van der Waals surface area (Å²) < 4.78 is 15.7. The van der Waals surface area contributed by atoms with Gasteiger partial charge in [-0.05, 0) is 38.0 Å². The minimum absolute atomic E-state index is 0.461. The molecule has 1 saturated heterocycles. The van der Waals surface area contributed by atoms with Gasteiger partial charge in [0.1, 0.15) is 5.75 Å². The van der Waals surface area contributed by atoms with E-state index in [1.54, 1.807) is 21.0 Å². The molecule has 0 amide bonds. The lowest BCUT2D eigenvalue weighted by Crippen LogP contribution is -2.51. The zero-order chi connectivity index (χ0) is 14.0. The summed E-state index contributed by atoms with van der Waals surface area (Å²) in [5.41, 5.74) is 0.968. The van der Waals surface area contributed by atoms with Crippen LogP contribution in [0.2, 0.25) is 0 Å². The van der Waals surface area contributed by atoms with Gasteiger partial charge in [0.2, 0.25) is 0 Å². The van der Waals surface area contributed by atoms with E-state index in [1.807, 2.05) is 24.3 Å². The van der Waals surface area contributed by atoms with Crippen LogP contribution in [-0.2, 0) is 15.9 Å². The van der Waals surface area contributed by atoms with Crippen LogP contribution in [-0.4, -0.2) is 35.7 Å². The highest BCUT2D eigenvalue weighted by molar-refractivity contribution is 5.27. The molecule has 0 aromatic heterocycles. The molecule has 0 bridgehead atoms. The Bertz CT molecular complexity index is 400. The molecule has 1 fully saturated rings. The maximum absolute atomic E-state index is 9.95. The van der Waals surface area contributed by atoms with Crippen LogP contribution in [0.1, 0.15) is 19.4 Å². The summed E-state index contributed by atoms with van der Waals surface area (Å²) in [6.45, 7) is 3.31. The van der Waals surface area contributed by atoms with Gasteiger partial charge >= 0.3 is 0 Å². The zero-order valence-corrected chi connectivity index (χ0v) is 11.4. The summed E-state index contributed by atoms with van der Waals surface area (Å²) in [7, 11) is 1.60. The Morgan fingerprint density at radius 2 is 1.63 bits per heavy atom. The lowest BCUT2D eigenvalue weighted by Gasteiger charge is -2.41. The van der Waals surface area contributed by atoms with E-state index < -0.39 is 24.3 Å². The third-order valence-electron chi connectivity index (χ3n) is 3.17. The molecular formula is C14H20O5. The fourth-order valence-corrected chi connectivity index (χ4v) is 2.16. The van der Waals surface area contributed by atoms with Gasteiger partial charge in [-0.15, -0.1) is 0 Å². The van der Waals surface area contributed by atoms with Gasteiger partial charge < -0.3 is 24.4 Å². The quantitative estimate of drug-likeness (QED) is 0.864. The van der Waals surface area contributed by atoms with Gasteiger partial charge in [0.05, 0.1) is 13.0 Å². The lowest BCUT2D eigenvalue weighted by molar-refractivity contribution is -0.399. The lowest BCUT2D eigenvalue weighted by atomic mass is 9.96. The zero-order valence-electron chi connectivity index (χ0n) is 11.4. The van der Waals surface area contributed by atoms with Crippen molar-refractivity contribution in [2.45, 2.75) is 38.6 Å². The van der Waals surface area contributed by atoms with Crippen molar-refractivity contribution >= 4 is 0 Å². The molecule has 0 radical (unpaired) electrons. The van der Waals surface area contributed by atoms with Crippen LogP contribution < -0.4 is 4.74 Å². The summed E-state index contributed by atoms with van der Waals surface area (Å²) in [4.78, 5) is 0. The van der Waals surface area contributed by atoms with E-state index in [0.29, 0.717) is 6.42 Å². The Labute approximate surface area is 112 Å². The molecule has 1 aromatic rings. The Balaban J connectivity index is 2.05. The second-order valence-electron chi connectivity index (χ2n) is 5.13. The molecule has 0 spiro atoms. The number of aliphatic hydroxyl groups excluding tert-OH is 2. The number of methoxy groups -OCH3 is 1. The first-order chi connectivity index (χ1) is 8.91. The van der Waals surface area contributed by atoms with E-state index in [4.69, 9.17) is 14.2 Å². The number of hydrogen-bond donors (Lipinski definition) is 2. The molecule has 0 aliphatic carbocycles. The minimum atomic E-state index is -1.05. The summed E-state index contributed by atoms with van der Waals surface area (Å²) in [5, 5.41) is 19.9. The molecule has 2 rings (SSSR count). The van der Waals surface area contributed by atoms with E-state index in [2.05, 4.69) is 0 Å². The first kappa shape index (κ1) is 14.3. The average molecular weight is 268 g/mol. The Hall–Kier alpha value is -1.14. The van der Waals surface area contributed by atoms with Crippen molar-refractivity contribution in [2.24, 2.45) is 5.92 Å². The maximum Gasteiger partial charge on any atom is 0.169 e. The van der Waals surface area contributed by atoms with Crippen molar-refractivity contribution < 1.29 is 24.4 Å². The SMILES string of the molecule is COc1ccc(CC2C(O)OC(C)(C)OC2O)cc1. The van der Waals surface area contributed by atoms with E-state index in [1.165, 1.54) is 0 Å². The molecule has 1 aliphatic heterocycles. The topological polar surface area (TPSA) is 68.2 Å². The Morgan fingerprint density at radius 1 is 1.11 bits per heavy atom. The standard InChI is InChI=1S/C14H20O5/c1-14(2)18-12(15)11(13(16)19-14)8-9-4-6-10(17-3)7-5-9/h4-7,11-13,15-16H,8H2,1-3H3. The van der Waals surface area contributed by atoms with Crippen molar-refractivity contribution in [1.29, 1.82) is 0 Å². The molecule has 5 heteroatoms. The normalized spacial score (nSPS) is 30.1. The highest BCUT2D eigenvalue weighted by Crippen LogP contribution is 2.31. The first-order valence-corrected chi connectivity index (χ1v) is 6.26. The van der Waals surface area contributed by atoms with Gasteiger partial charge in [-0.2, -0.15) is 0 Å². The van der Waals surface area contributed by atoms with Crippen LogP contribution in [0.3, 0.4) is 0 Å². The molecule has 1 aromatic carbocycles. The van der Waals surface area contributed by atoms with Crippen molar-refractivity contribution in [3.63, 3.8) is 0 Å². The number of ether oxygens (including phenoxy) is 3. The van der Waals surface area contributed by atoms with Crippen LogP contribution in [0.5, 0.6) is 5.75 Å². The highest BCUT2D eigenvalue weighted by Gasteiger charge is 2.41. The highest BCUT2D eigenvalue weighted by atomic mass is 16.8. The smallest absolute Gasteiger partial charge is 0.169 e. The summed E-state index contributed by atoms with van der Waals surface area (Å²) >= 11 is 0. The largest absolute Gasteiger partial charge is 0.497 e. The van der Waals surface area contributed by atoms with Crippen molar-refractivity contribution in [1.82, 2.24) is 0 Å². The molecule has 2 atom stereocenters. The summed E-state index contributed by atoms with van der Waals surface area (Å²) in [6, 6.07) is 7.45. The minimum Gasteiger partial charge on any atom is -0.497 e. The van der Waals surface area contributed by atoms with Crippen LogP contribution in [0.4, 0.5) is 0 Å². The predicted molar refractivity (Wildman–Crippen MR) is 68.5 cm³/mol. The molecule has 5 nitrogen and oxygen atoms in total. The molecule has 106 valence electrons. The van der Waals surface area contributed by atoms with Gasteiger partial charge in [0.25, 0.3) is 0 Å². The summed E-state index contributed by atoms with van der Waals surface area (Å²) in [6.07, 6.45) is -1.65. The number of hydrogen-bond acceptors (Lipinski definition) is 5. The molecule has 1 aliphatic rings. The monoisotopic (exact) mass is 268 g/mol. The van der Waals surface area contributed by atoms with E-state index in [-0.39, 0.29) is 0 Å². The molecule has 2 N–H and O–H groups in total. The van der Waals surface area contributed by atoms with Gasteiger partial charge in [0.15, 0.2) is 18.4 Å². The van der Waals surface area contributed by atoms with Crippen molar-refractivity contribution in [2.75, 3.05) is 7.11 Å². The second kappa shape index (κ2) is 5.46. The van der Waals surface area contributed by atoms with E-state index in [0.717, 1.165) is 11.3 Å². The average Bonchev–Trinajstić information content (AvgIpc) is 2.33. The fourth-order valence-electron chi connectivity index (χ4n) is 2.16. The van der Waals surface area contributed by atoms with Crippen LogP contribution in [0.15, 0.2) is 24.3 Å². The third kappa shape index (κ3) is 3.45. The first-order valence-electron chi connectivity index (χ1n) is 6.26. The molecule has 0 saturated carbocycles. The van der Waals surface area contributed by atoms with Gasteiger partial charge in [-0.1, -0.05) is 12.1 Å². The Kier molecular flexibility index (Phi) is 4.10. The van der Waals surface area contributed by atoms with Crippen molar-refractivity contribution in [3.8, 4) is 5.75 Å². The number of rotatable bonds is 3. The number of aliphatic hydroxyl groups is 2. The third-order valence-corrected chi connectivity index (χ3v) is 3.17. The second-order valence-corrected chi connectivity index (χ2v) is 5.13. The van der Waals surface area contributed by atoms with Crippen LogP contribution in [0, 0.1) is 5.92 Å². The van der Waals surface area contributed by atoms with Gasteiger partial charge in [-0.3, -0.25) is 0 Å². The predicted octanol–water partition coefficient (Wildman–Crippen LogP) is 1.27. The van der Waals surface area contributed by atoms with Crippen LogP contribution >= 0.6 is 0 Å². The van der Waals surface area contributed by atoms with Gasteiger partial charge in [0, 0.05) is 0 Å². The Morgan fingerprint density at radius 3 is 2.11 bits per heavy atom. The molecule has 2 unspecified atom stereocenters. The molecule has 19 heavy (non-hydrogen) atoms. The maximum atomic E-state index is 9.95. The van der Waals surface area contributed by atoms with Gasteiger partial charge in [-0.25, -0.2) is 0 Å². The fraction of sp³-hybridized carbons (Fsp3) is 0.571.